The molecule has 0 aliphatic rings. The zero-order valence-electron chi connectivity index (χ0n) is 12.0. The summed E-state index contributed by atoms with van der Waals surface area (Å²) in [6, 6.07) is 17.2. The number of esters is 1. The molecule has 0 saturated heterocycles. The van der Waals surface area contributed by atoms with E-state index < -0.39 is 0 Å². The van der Waals surface area contributed by atoms with Crippen LogP contribution >= 0.6 is 12.6 Å². The minimum absolute atomic E-state index is 0.0737. The first-order valence-corrected chi connectivity index (χ1v) is 7.73. The molecule has 22 heavy (non-hydrogen) atoms. The standard InChI is InChI=1S/C18H17NO2S/c20-18(21-14-6-2-1-3-7-14)11-15(22)10-13-12-19-17-9-5-4-8-16(13)17/h1-9,12,15,19,22H,10-11H2. The summed E-state index contributed by atoms with van der Waals surface area (Å²) < 4.78 is 5.30. The van der Waals surface area contributed by atoms with Crippen LogP contribution in [0.3, 0.4) is 0 Å². The summed E-state index contributed by atoms with van der Waals surface area (Å²) in [5, 5.41) is 1.10. The molecule has 2 aromatic carbocycles. The van der Waals surface area contributed by atoms with Crippen molar-refractivity contribution in [2.24, 2.45) is 0 Å². The number of benzene rings is 2. The van der Waals surface area contributed by atoms with Gasteiger partial charge in [-0.2, -0.15) is 12.6 Å². The highest BCUT2D eigenvalue weighted by atomic mass is 32.1. The summed E-state index contributed by atoms with van der Waals surface area (Å²) in [6.07, 6.45) is 2.98. The van der Waals surface area contributed by atoms with Crippen LogP contribution in [0.15, 0.2) is 60.8 Å². The number of ether oxygens (including phenoxy) is 1. The molecule has 1 N–H and O–H groups in total. The molecular weight excluding hydrogens is 294 g/mol. The predicted molar refractivity (Wildman–Crippen MR) is 91.5 cm³/mol. The van der Waals surface area contributed by atoms with Crippen LogP contribution < -0.4 is 4.74 Å². The summed E-state index contributed by atoms with van der Waals surface area (Å²) >= 11 is 4.53. The molecule has 3 nitrogen and oxygen atoms in total. The second kappa shape index (κ2) is 6.71. The lowest BCUT2D eigenvalue weighted by atomic mass is 10.1. The predicted octanol–water partition coefficient (Wildman–Crippen LogP) is 4.00. The van der Waals surface area contributed by atoms with Crippen LogP contribution in [0.5, 0.6) is 5.75 Å². The van der Waals surface area contributed by atoms with Crippen LogP contribution in [0.2, 0.25) is 0 Å². The van der Waals surface area contributed by atoms with Gasteiger partial charge in [0.25, 0.3) is 0 Å². The quantitative estimate of drug-likeness (QED) is 0.425. The Hall–Kier alpha value is -2.20. The van der Waals surface area contributed by atoms with Gasteiger partial charge in [-0.1, -0.05) is 36.4 Å². The molecule has 3 rings (SSSR count). The highest BCUT2D eigenvalue weighted by Gasteiger charge is 2.14. The van der Waals surface area contributed by atoms with Gasteiger partial charge in [0.05, 0.1) is 6.42 Å². The Morgan fingerprint density at radius 1 is 1.09 bits per heavy atom. The maximum atomic E-state index is 11.9. The molecule has 0 amide bonds. The summed E-state index contributed by atoms with van der Waals surface area (Å²) in [5.41, 5.74) is 2.27. The molecule has 0 aliphatic heterocycles. The van der Waals surface area contributed by atoms with E-state index in [1.807, 2.05) is 42.6 Å². The van der Waals surface area contributed by atoms with Gasteiger partial charge >= 0.3 is 5.97 Å². The molecular formula is C18H17NO2S. The molecule has 112 valence electrons. The number of nitrogens with one attached hydrogen (secondary N) is 1. The third kappa shape index (κ3) is 3.52. The van der Waals surface area contributed by atoms with E-state index in [0.717, 1.165) is 11.9 Å². The maximum Gasteiger partial charge on any atom is 0.312 e. The van der Waals surface area contributed by atoms with E-state index in [0.29, 0.717) is 5.75 Å². The minimum Gasteiger partial charge on any atom is -0.427 e. The molecule has 0 fully saturated rings. The van der Waals surface area contributed by atoms with Gasteiger partial charge in [0.2, 0.25) is 0 Å². The molecule has 0 spiro atoms. The Balaban J connectivity index is 1.60. The SMILES string of the molecule is O=C(CC(S)Cc1c[nH]c2ccccc12)Oc1ccccc1. The van der Waals surface area contributed by atoms with E-state index in [1.54, 1.807) is 12.1 Å². The normalized spacial score (nSPS) is 12.2. The average molecular weight is 311 g/mol. The Bertz CT molecular complexity index is 767. The van der Waals surface area contributed by atoms with Gasteiger partial charge in [0.15, 0.2) is 0 Å². The molecule has 0 saturated carbocycles. The fraction of sp³-hybridized carbons (Fsp3) is 0.167. The number of H-pyrrole nitrogens is 1. The van der Waals surface area contributed by atoms with E-state index >= 15 is 0 Å². The minimum atomic E-state index is -0.258. The first-order chi connectivity index (χ1) is 10.7. The van der Waals surface area contributed by atoms with Gasteiger partial charge in [-0.15, -0.1) is 0 Å². The third-order valence-corrected chi connectivity index (χ3v) is 3.87. The summed E-state index contributed by atoms with van der Waals surface area (Å²) in [4.78, 5) is 15.2. The first-order valence-electron chi connectivity index (χ1n) is 7.21. The molecule has 1 aromatic heterocycles. The first kappa shape index (κ1) is 14.7. The van der Waals surface area contributed by atoms with Crippen molar-refractivity contribution in [3.63, 3.8) is 0 Å². The van der Waals surface area contributed by atoms with Gasteiger partial charge in [0, 0.05) is 22.3 Å². The highest BCUT2D eigenvalue weighted by molar-refractivity contribution is 7.81. The topological polar surface area (TPSA) is 42.1 Å². The number of carbonyl (C=O) groups excluding carboxylic acids is 1. The number of aromatic amines is 1. The van der Waals surface area contributed by atoms with Gasteiger partial charge < -0.3 is 9.72 Å². The third-order valence-electron chi connectivity index (χ3n) is 3.51. The number of hydrogen-bond acceptors (Lipinski definition) is 3. The van der Waals surface area contributed by atoms with Crippen molar-refractivity contribution in [2.45, 2.75) is 18.1 Å². The maximum absolute atomic E-state index is 11.9. The Morgan fingerprint density at radius 2 is 1.82 bits per heavy atom. The smallest absolute Gasteiger partial charge is 0.312 e. The van der Waals surface area contributed by atoms with Crippen LogP contribution in [-0.2, 0) is 11.2 Å². The molecule has 4 heteroatoms. The number of rotatable bonds is 5. The van der Waals surface area contributed by atoms with E-state index in [9.17, 15) is 4.79 Å². The number of aromatic nitrogens is 1. The number of hydrogen-bond donors (Lipinski definition) is 2. The van der Waals surface area contributed by atoms with Crippen LogP contribution in [0, 0.1) is 0 Å². The molecule has 0 aliphatic carbocycles. The van der Waals surface area contributed by atoms with Crippen molar-refractivity contribution in [1.29, 1.82) is 0 Å². The highest BCUT2D eigenvalue weighted by Crippen LogP contribution is 2.21. The van der Waals surface area contributed by atoms with Crippen molar-refractivity contribution in [3.8, 4) is 5.75 Å². The fourth-order valence-corrected chi connectivity index (χ4v) is 2.83. The fourth-order valence-electron chi connectivity index (χ4n) is 2.48. The van der Waals surface area contributed by atoms with Gasteiger partial charge in [0.1, 0.15) is 5.75 Å². The van der Waals surface area contributed by atoms with Crippen LogP contribution in [0.1, 0.15) is 12.0 Å². The summed E-state index contributed by atoms with van der Waals surface area (Å²) in [7, 11) is 0. The number of carbonyl (C=O) groups is 1. The number of para-hydroxylation sites is 2. The monoisotopic (exact) mass is 311 g/mol. The second-order valence-corrected chi connectivity index (χ2v) is 5.94. The van der Waals surface area contributed by atoms with E-state index in [2.05, 4.69) is 23.7 Å². The van der Waals surface area contributed by atoms with Gasteiger partial charge in [-0.3, -0.25) is 4.79 Å². The van der Waals surface area contributed by atoms with Crippen LogP contribution in [-0.4, -0.2) is 16.2 Å². The molecule has 1 unspecified atom stereocenters. The lowest BCUT2D eigenvalue weighted by Gasteiger charge is -2.10. The molecule has 1 atom stereocenters. The van der Waals surface area contributed by atoms with Crippen molar-refractivity contribution in [2.75, 3.05) is 0 Å². The Kier molecular flexibility index (Phi) is 4.49. The number of fused-ring (bicyclic) bond motifs is 1. The molecule has 3 aromatic rings. The van der Waals surface area contributed by atoms with Crippen LogP contribution in [0.25, 0.3) is 10.9 Å². The summed E-state index contributed by atoms with van der Waals surface area (Å²) in [6.45, 7) is 0. The molecule has 1 heterocycles. The summed E-state index contributed by atoms with van der Waals surface area (Å²) in [5.74, 6) is 0.311. The zero-order valence-corrected chi connectivity index (χ0v) is 12.9. The Labute approximate surface area is 134 Å². The van der Waals surface area contributed by atoms with Crippen LogP contribution in [0.4, 0.5) is 0 Å². The molecule has 0 bridgehead atoms. The van der Waals surface area contributed by atoms with E-state index in [1.165, 1.54) is 10.9 Å². The lowest BCUT2D eigenvalue weighted by Crippen LogP contribution is -2.16. The van der Waals surface area contributed by atoms with Gasteiger partial charge in [-0.05, 0) is 30.2 Å². The second-order valence-electron chi connectivity index (χ2n) is 5.21. The van der Waals surface area contributed by atoms with Crippen molar-refractivity contribution >= 4 is 29.5 Å². The number of thiol groups is 1. The van der Waals surface area contributed by atoms with Crippen molar-refractivity contribution in [1.82, 2.24) is 4.98 Å². The van der Waals surface area contributed by atoms with E-state index in [-0.39, 0.29) is 17.6 Å². The van der Waals surface area contributed by atoms with Gasteiger partial charge in [-0.25, -0.2) is 0 Å². The Morgan fingerprint density at radius 3 is 2.64 bits per heavy atom. The molecule has 0 radical (unpaired) electrons. The zero-order chi connectivity index (χ0) is 15.4. The van der Waals surface area contributed by atoms with Crippen molar-refractivity contribution < 1.29 is 9.53 Å². The van der Waals surface area contributed by atoms with E-state index in [4.69, 9.17) is 4.74 Å². The average Bonchev–Trinajstić information content (AvgIpc) is 2.91. The largest absolute Gasteiger partial charge is 0.427 e. The van der Waals surface area contributed by atoms with Crippen molar-refractivity contribution in [3.05, 3.63) is 66.4 Å². The lowest BCUT2D eigenvalue weighted by molar-refractivity contribution is -0.134.